The summed E-state index contributed by atoms with van der Waals surface area (Å²) in [7, 11) is -3.87. The van der Waals surface area contributed by atoms with Crippen LogP contribution in [-0.2, 0) is 14.9 Å². The molecule has 2 rings (SSSR count). The molecule has 1 aliphatic heterocycles. The first kappa shape index (κ1) is 12.3. The number of hydrogen-bond donors (Lipinski definition) is 1. The van der Waals surface area contributed by atoms with Crippen molar-refractivity contribution >= 4 is 15.7 Å². The fourth-order valence-electron chi connectivity index (χ4n) is 1.60. The smallest absolute Gasteiger partial charge is 0.267 e. The third-order valence-electron chi connectivity index (χ3n) is 2.49. The third kappa shape index (κ3) is 2.41. The quantitative estimate of drug-likeness (QED) is 0.809. The average Bonchev–Trinajstić information content (AvgIpc) is 2.33. The van der Waals surface area contributed by atoms with Crippen molar-refractivity contribution in [2.45, 2.75) is 17.7 Å². The summed E-state index contributed by atoms with van der Waals surface area (Å²) in [5, 5.41) is 0. The minimum Gasteiger partial charge on any atom is -0.398 e. The highest BCUT2D eigenvalue weighted by Crippen LogP contribution is 2.25. The Kier molecular flexibility index (Phi) is 3.32. The molecular formula is C10H13FN2O3S. The molecule has 0 unspecified atom stereocenters. The second kappa shape index (κ2) is 4.59. The van der Waals surface area contributed by atoms with E-state index in [0.717, 1.165) is 23.0 Å². The Hall–Kier alpha value is -1.18. The predicted molar refractivity (Wildman–Crippen MR) is 59.9 cm³/mol. The van der Waals surface area contributed by atoms with E-state index in [0.29, 0.717) is 13.0 Å². The van der Waals surface area contributed by atoms with Crippen LogP contribution in [0.15, 0.2) is 23.1 Å². The zero-order valence-electron chi connectivity index (χ0n) is 9.10. The Balaban J connectivity index is 2.40. The van der Waals surface area contributed by atoms with Gasteiger partial charge < -0.3 is 5.73 Å². The Morgan fingerprint density at radius 1 is 1.35 bits per heavy atom. The van der Waals surface area contributed by atoms with Gasteiger partial charge >= 0.3 is 0 Å². The number of hydrogen-bond acceptors (Lipinski definition) is 4. The molecule has 1 aromatic carbocycles. The molecule has 5 nitrogen and oxygen atoms in total. The van der Waals surface area contributed by atoms with E-state index in [1.165, 1.54) is 6.07 Å². The topological polar surface area (TPSA) is 72.6 Å². The maximum Gasteiger partial charge on any atom is 0.267 e. The van der Waals surface area contributed by atoms with Gasteiger partial charge in [-0.3, -0.25) is 4.84 Å². The van der Waals surface area contributed by atoms with Gasteiger partial charge in [0.1, 0.15) is 10.7 Å². The van der Waals surface area contributed by atoms with Crippen molar-refractivity contribution in [1.82, 2.24) is 4.47 Å². The lowest BCUT2D eigenvalue weighted by molar-refractivity contribution is -0.108. The number of nitrogens with two attached hydrogens (primary N) is 1. The van der Waals surface area contributed by atoms with Crippen LogP contribution in [-0.4, -0.2) is 26.0 Å². The number of hydroxylamine groups is 1. The summed E-state index contributed by atoms with van der Waals surface area (Å²) in [4.78, 5) is 4.81. The van der Waals surface area contributed by atoms with E-state index < -0.39 is 15.8 Å². The summed E-state index contributed by atoms with van der Waals surface area (Å²) in [6, 6.07) is 3.25. The zero-order valence-corrected chi connectivity index (χ0v) is 9.91. The zero-order chi connectivity index (χ0) is 12.5. The summed E-state index contributed by atoms with van der Waals surface area (Å²) >= 11 is 0. The van der Waals surface area contributed by atoms with Gasteiger partial charge in [-0.2, -0.15) is 0 Å². The van der Waals surface area contributed by atoms with Crippen LogP contribution >= 0.6 is 0 Å². The lowest BCUT2D eigenvalue weighted by atomic mass is 10.3. The second-order valence-corrected chi connectivity index (χ2v) is 5.55. The fourth-order valence-corrected chi connectivity index (χ4v) is 3.03. The molecule has 2 N–H and O–H groups in total. The fraction of sp³-hybridized carbons (Fsp3) is 0.400. The molecule has 1 aromatic rings. The third-order valence-corrected chi connectivity index (χ3v) is 4.23. The van der Waals surface area contributed by atoms with Crippen molar-refractivity contribution in [3.63, 3.8) is 0 Å². The van der Waals surface area contributed by atoms with Gasteiger partial charge in [-0.15, -0.1) is 0 Å². The van der Waals surface area contributed by atoms with E-state index in [-0.39, 0.29) is 17.1 Å². The minimum absolute atomic E-state index is 0.0144. The number of nitrogens with zero attached hydrogens (tertiary/aromatic N) is 1. The van der Waals surface area contributed by atoms with Gasteiger partial charge in [0.15, 0.2) is 0 Å². The van der Waals surface area contributed by atoms with Crippen LogP contribution in [0.5, 0.6) is 0 Å². The number of anilines is 1. The Labute approximate surface area is 99.0 Å². The Bertz CT molecular complexity index is 512. The summed E-state index contributed by atoms with van der Waals surface area (Å²) in [5.41, 5.74) is 5.57. The molecule has 0 aliphatic carbocycles. The highest BCUT2D eigenvalue weighted by Gasteiger charge is 2.29. The van der Waals surface area contributed by atoms with Crippen molar-refractivity contribution in [3.8, 4) is 0 Å². The molecule has 0 radical (unpaired) electrons. The van der Waals surface area contributed by atoms with Crippen LogP contribution in [0.4, 0.5) is 10.1 Å². The predicted octanol–water partition coefficient (Wildman–Crippen LogP) is 1.12. The molecule has 94 valence electrons. The molecular weight excluding hydrogens is 247 g/mol. The van der Waals surface area contributed by atoms with Crippen molar-refractivity contribution < 1.29 is 17.6 Å². The molecule has 0 aromatic heterocycles. The number of rotatable bonds is 2. The maximum absolute atomic E-state index is 13.1. The van der Waals surface area contributed by atoms with Crippen LogP contribution in [0.2, 0.25) is 0 Å². The second-order valence-electron chi connectivity index (χ2n) is 3.75. The van der Waals surface area contributed by atoms with Crippen LogP contribution < -0.4 is 5.73 Å². The van der Waals surface area contributed by atoms with Gasteiger partial charge in [-0.1, -0.05) is 4.47 Å². The van der Waals surface area contributed by atoms with Gasteiger partial charge in [-0.05, 0) is 31.0 Å². The van der Waals surface area contributed by atoms with E-state index in [4.69, 9.17) is 10.6 Å². The molecule has 0 spiro atoms. The largest absolute Gasteiger partial charge is 0.398 e. The van der Waals surface area contributed by atoms with Gasteiger partial charge in [0.05, 0.1) is 12.3 Å². The van der Waals surface area contributed by atoms with Crippen LogP contribution in [0.3, 0.4) is 0 Å². The standard InChI is InChI=1S/C10H13FN2O3S/c11-8-3-4-9(12)10(7-8)17(14,15)13-5-1-2-6-16-13/h3-4,7H,1-2,5-6,12H2. The highest BCUT2D eigenvalue weighted by molar-refractivity contribution is 7.89. The van der Waals surface area contributed by atoms with E-state index >= 15 is 0 Å². The van der Waals surface area contributed by atoms with Crippen molar-refractivity contribution in [3.05, 3.63) is 24.0 Å². The molecule has 17 heavy (non-hydrogen) atoms. The first-order chi connectivity index (χ1) is 8.01. The number of halogens is 1. The Morgan fingerprint density at radius 3 is 2.76 bits per heavy atom. The molecule has 1 heterocycles. The summed E-state index contributed by atoms with van der Waals surface area (Å²) in [5.74, 6) is -0.644. The molecule has 1 aliphatic rings. The normalized spacial score (nSPS) is 18.2. The van der Waals surface area contributed by atoms with Crippen LogP contribution in [0, 0.1) is 5.82 Å². The summed E-state index contributed by atoms with van der Waals surface area (Å²) < 4.78 is 38.2. The van der Waals surface area contributed by atoms with E-state index in [1.54, 1.807) is 0 Å². The van der Waals surface area contributed by atoms with Gasteiger partial charge in [-0.25, -0.2) is 12.8 Å². The lowest BCUT2D eigenvalue weighted by Crippen LogP contribution is -2.36. The van der Waals surface area contributed by atoms with Gasteiger partial charge in [0, 0.05) is 6.54 Å². The molecule has 0 saturated carbocycles. The number of nitrogen functional groups attached to an aromatic ring is 1. The van der Waals surface area contributed by atoms with E-state index in [1.807, 2.05) is 0 Å². The minimum atomic E-state index is -3.87. The maximum atomic E-state index is 13.1. The highest BCUT2D eigenvalue weighted by atomic mass is 32.2. The van der Waals surface area contributed by atoms with Crippen molar-refractivity contribution in [1.29, 1.82) is 0 Å². The number of benzene rings is 1. The molecule has 1 saturated heterocycles. The van der Waals surface area contributed by atoms with Crippen LogP contribution in [0.1, 0.15) is 12.8 Å². The molecule has 0 amide bonds. The molecule has 1 fully saturated rings. The first-order valence-corrected chi connectivity index (χ1v) is 6.66. The van der Waals surface area contributed by atoms with E-state index in [9.17, 15) is 12.8 Å². The van der Waals surface area contributed by atoms with Gasteiger partial charge in [0.25, 0.3) is 10.0 Å². The molecule has 0 atom stereocenters. The molecule has 7 heteroatoms. The van der Waals surface area contributed by atoms with Crippen molar-refractivity contribution in [2.75, 3.05) is 18.9 Å². The lowest BCUT2D eigenvalue weighted by Gasteiger charge is -2.25. The Morgan fingerprint density at radius 2 is 2.12 bits per heavy atom. The SMILES string of the molecule is Nc1ccc(F)cc1S(=O)(=O)N1CCCCO1. The number of sulfonamides is 1. The van der Waals surface area contributed by atoms with Gasteiger partial charge in [0.2, 0.25) is 0 Å². The molecule has 0 bridgehead atoms. The average molecular weight is 260 g/mol. The first-order valence-electron chi connectivity index (χ1n) is 5.22. The van der Waals surface area contributed by atoms with Crippen LogP contribution in [0.25, 0.3) is 0 Å². The van der Waals surface area contributed by atoms with Crippen molar-refractivity contribution in [2.24, 2.45) is 0 Å². The monoisotopic (exact) mass is 260 g/mol. The van der Waals surface area contributed by atoms with E-state index in [2.05, 4.69) is 0 Å². The summed E-state index contributed by atoms with van der Waals surface area (Å²) in [6.45, 7) is 0.604. The summed E-state index contributed by atoms with van der Waals surface area (Å²) in [6.07, 6.45) is 1.53.